The van der Waals surface area contributed by atoms with E-state index < -0.39 is 0 Å². The monoisotopic (exact) mass is 532 g/mol. The quantitative estimate of drug-likeness (QED) is 0.354. The molecule has 0 heterocycles. The minimum absolute atomic E-state index is 0.0494. The van der Waals surface area contributed by atoms with E-state index in [2.05, 4.69) is 100 Å². The van der Waals surface area contributed by atoms with E-state index in [1.54, 1.807) is 5.57 Å². The normalized spacial score (nSPS) is 30.7. The molecule has 0 spiro atoms. The van der Waals surface area contributed by atoms with E-state index in [1.807, 2.05) is 0 Å². The number of rotatable bonds is 5. The zero-order valence-electron chi connectivity index (χ0n) is 27.1. The molecule has 0 bridgehead atoms. The average molecular weight is 533 g/mol. The van der Waals surface area contributed by atoms with Crippen LogP contribution < -0.4 is 0 Å². The zero-order chi connectivity index (χ0) is 29.5. The summed E-state index contributed by atoms with van der Waals surface area (Å²) in [7, 11) is 0. The smallest absolute Gasteiger partial charge is 0.0194 e. The van der Waals surface area contributed by atoms with Gasteiger partial charge in [0, 0.05) is 5.41 Å². The molecule has 0 saturated carbocycles. The standard InChI is InChI=1S/C40H52/c1-23(2)26(6)18-31-15-16-32(19-31)33-17-14-25(5)36-28(8)37-30(10)40(13)29(9)35(24(3)4)27(7)20-39(40,12)22-38(37,11)21-34(33)36/h14-17,23,26H,3,8-9,18-22H2,1-2,4-7,10-13H3/t26?,38-,39+,40-/m1/s1. The van der Waals surface area contributed by atoms with E-state index in [0.29, 0.717) is 11.8 Å². The van der Waals surface area contributed by atoms with Crippen molar-refractivity contribution >= 4 is 11.1 Å². The summed E-state index contributed by atoms with van der Waals surface area (Å²) in [5, 5.41) is 0. The fraction of sp³-hybridized carbons (Fsp3) is 0.500. The average Bonchev–Trinajstić information content (AvgIpc) is 3.29. The molecule has 1 aromatic rings. The molecule has 4 atom stereocenters. The molecule has 1 aromatic carbocycles. The fourth-order valence-corrected chi connectivity index (χ4v) is 9.40. The number of hydrogen-bond donors (Lipinski definition) is 0. The molecule has 0 heteroatoms. The summed E-state index contributed by atoms with van der Waals surface area (Å²) < 4.78 is 0. The molecule has 4 aliphatic carbocycles. The van der Waals surface area contributed by atoms with Gasteiger partial charge in [0.1, 0.15) is 0 Å². The first-order chi connectivity index (χ1) is 18.6. The molecule has 5 rings (SSSR count). The summed E-state index contributed by atoms with van der Waals surface area (Å²) in [6.07, 6.45) is 10.4. The van der Waals surface area contributed by atoms with Crippen LogP contribution in [0, 0.1) is 35.0 Å². The van der Waals surface area contributed by atoms with E-state index in [9.17, 15) is 0 Å². The van der Waals surface area contributed by atoms with E-state index in [1.165, 1.54) is 67.7 Å². The minimum atomic E-state index is -0.110. The second kappa shape index (κ2) is 9.47. The molecule has 0 saturated heterocycles. The van der Waals surface area contributed by atoms with Crippen LogP contribution in [0.3, 0.4) is 0 Å². The molecular formula is C40H52. The van der Waals surface area contributed by atoms with Crippen LogP contribution in [0.5, 0.6) is 0 Å². The molecule has 0 radical (unpaired) electrons. The summed E-state index contributed by atoms with van der Waals surface area (Å²) in [4.78, 5) is 0. The zero-order valence-corrected chi connectivity index (χ0v) is 27.1. The Labute approximate surface area is 245 Å². The van der Waals surface area contributed by atoms with Crippen LogP contribution in [0.25, 0.3) is 11.1 Å². The van der Waals surface area contributed by atoms with Crippen molar-refractivity contribution in [3.05, 3.63) is 105 Å². The minimum Gasteiger partial charge on any atom is -0.0955 e. The van der Waals surface area contributed by atoms with Crippen LogP contribution in [0.1, 0.15) is 110 Å². The lowest BCUT2D eigenvalue weighted by atomic mass is 9.41. The molecule has 4 aliphatic rings. The molecule has 0 amide bonds. The van der Waals surface area contributed by atoms with Gasteiger partial charge in [0.25, 0.3) is 0 Å². The molecule has 40 heavy (non-hydrogen) atoms. The number of benzene rings is 1. The first kappa shape index (κ1) is 28.9. The lowest BCUT2D eigenvalue weighted by Crippen LogP contribution is -2.52. The van der Waals surface area contributed by atoms with Gasteiger partial charge in [-0.3, -0.25) is 0 Å². The van der Waals surface area contributed by atoms with Crippen LogP contribution in [0.4, 0.5) is 0 Å². The van der Waals surface area contributed by atoms with Crippen molar-refractivity contribution in [3.8, 4) is 0 Å². The Bertz CT molecular complexity index is 1480. The second-order valence-electron chi connectivity index (χ2n) is 15.1. The Morgan fingerprint density at radius 2 is 1.65 bits per heavy atom. The Balaban J connectivity index is 1.61. The summed E-state index contributed by atoms with van der Waals surface area (Å²) >= 11 is 0. The maximum absolute atomic E-state index is 4.87. The fourth-order valence-electron chi connectivity index (χ4n) is 9.40. The molecule has 0 N–H and O–H groups in total. The molecule has 1 unspecified atom stereocenters. The van der Waals surface area contributed by atoms with Gasteiger partial charge in [-0.15, -0.1) is 0 Å². The second-order valence-corrected chi connectivity index (χ2v) is 15.1. The number of fused-ring (bicyclic) bond motifs is 3. The lowest BCUT2D eigenvalue weighted by Gasteiger charge is -2.62. The number of allylic oxidation sites excluding steroid dienone is 11. The van der Waals surface area contributed by atoms with Crippen LogP contribution in [0.15, 0.2) is 83.0 Å². The Morgan fingerprint density at radius 3 is 2.27 bits per heavy atom. The molecule has 0 aliphatic heterocycles. The van der Waals surface area contributed by atoms with Crippen molar-refractivity contribution in [2.24, 2.45) is 28.1 Å². The highest BCUT2D eigenvalue weighted by molar-refractivity contribution is 5.90. The van der Waals surface area contributed by atoms with Gasteiger partial charge >= 0.3 is 0 Å². The third-order valence-corrected chi connectivity index (χ3v) is 11.8. The molecule has 0 nitrogen and oxygen atoms in total. The molecule has 0 fully saturated rings. The van der Waals surface area contributed by atoms with Crippen molar-refractivity contribution in [3.63, 3.8) is 0 Å². The molecular weight excluding hydrogens is 480 g/mol. The van der Waals surface area contributed by atoms with Crippen molar-refractivity contribution in [1.29, 1.82) is 0 Å². The van der Waals surface area contributed by atoms with Crippen molar-refractivity contribution in [1.82, 2.24) is 0 Å². The molecule has 212 valence electrons. The Hall–Kier alpha value is -2.60. The van der Waals surface area contributed by atoms with Gasteiger partial charge in [-0.1, -0.05) is 108 Å². The lowest BCUT2D eigenvalue weighted by molar-refractivity contribution is 0.0544. The summed E-state index contributed by atoms with van der Waals surface area (Å²) in [6, 6.07) is 4.75. The predicted molar refractivity (Wildman–Crippen MR) is 176 cm³/mol. The van der Waals surface area contributed by atoms with Gasteiger partial charge in [-0.25, -0.2) is 0 Å². The first-order valence-electron chi connectivity index (χ1n) is 15.5. The van der Waals surface area contributed by atoms with Crippen molar-refractivity contribution in [2.75, 3.05) is 0 Å². The largest absolute Gasteiger partial charge is 0.0955 e. The number of hydrogen-bond acceptors (Lipinski definition) is 0. The van der Waals surface area contributed by atoms with Crippen LogP contribution >= 0.6 is 0 Å². The van der Waals surface area contributed by atoms with E-state index in [4.69, 9.17) is 13.2 Å². The van der Waals surface area contributed by atoms with E-state index in [-0.39, 0.29) is 16.2 Å². The van der Waals surface area contributed by atoms with Crippen molar-refractivity contribution < 1.29 is 0 Å². The van der Waals surface area contributed by atoms with Crippen LogP contribution in [-0.4, -0.2) is 0 Å². The molecule has 0 aromatic heterocycles. The topological polar surface area (TPSA) is 0 Å². The SMILES string of the molecule is C=C(C)C1=C(C)C[C@@]2(C)C[C@@]3(C)Cc4c(C5=CC=C(CC(C)C(C)C)C5)ccc(C)c4C(=C)C3=C(C)[C@@]2(C)C1=C. The highest BCUT2D eigenvalue weighted by atomic mass is 14.6. The van der Waals surface area contributed by atoms with Gasteiger partial charge in [0.2, 0.25) is 0 Å². The first-order valence-corrected chi connectivity index (χ1v) is 15.5. The Kier molecular flexibility index (Phi) is 6.85. The third kappa shape index (κ3) is 4.00. The van der Waals surface area contributed by atoms with Crippen LogP contribution in [-0.2, 0) is 6.42 Å². The van der Waals surface area contributed by atoms with E-state index in [0.717, 1.165) is 31.3 Å². The summed E-state index contributed by atoms with van der Waals surface area (Å²) in [5.74, 6) is 1.43. The van der Waals surface area contributed by atoms with E-state index >= 15 is 0 Å². The highest BCUT2D eigenvalue weighted by Gasteiger charge is 2.59. The van der Waals surface area contributed by atoms with Gasteiger partial charge in [0.15, 0.2) is 0 Å². The number of aryl methyl sites for hydroxylation is 1. The van der Waals surface area contributed by atoms with Gasteiger partial charge in [-0.05, 0) is 133 Å². The highest BCUT2D eigenvalue weighted by Crippen LogP contribution is 2.70. The maximum atomic E-state index is 4.87. The van der Waals surface area contributed by atoms with Gasteiger partial charge < -0.3 is 0 Å². The van der Waals surface area contributed by atoms with Crippen LogP contribution in [0.2, 0.25) is 0 Å². The van der Waals surface area contributed by atoms with Gasteiger partial charge in [-0.2, -0.15) is 0 Å². The van der Waals surface area contributed by atoms with Gasteiger partial charge in [0.05, 0.1) is 0 Å². The maximum Gasteiger partial charge on any atom is 0.0194 e. The summed E-state index contributed by atoms with van der Waals surface area (Å²) in [6.45, 7) is 37.8. The van der Waals surface area contributed by atoms with Crippen molar-refractivity contribution in [2.45, 2.75) is 101 Å². The third-order valence-electron chi connectivity index (χ3n) is 11.8. The predicted octanol–water partition coefficient (Wildman–Crippen LogP) is 11.6. The Morgan fingerprint density at radius 1 is 0.975 bits per heavy atom. The summed E-state index contributed by atoms with van der Waals surface area (Å²) in [5.41, 5.74) is 18.2.